The van der Waals surface area contributed by atoms with E-state index in [-0.39, 0.29) is 17.1 Å². The van der Waals surface area contributed by atoms with Crippen LogP contribution in [0.3, 0.4) is 0 Å². The predicted molar refractivity (Wildman–Crippen MR) is 54.0 cm³/mol. The predicted octanol–water partition coefficient (Wildman–Crippen LogP) is 1.25. The highest BCUT2D eigenvalue weighted by atomic mass is 16.6. The topological polar surface area (TPSA) is 102 Å². The lowest BCUT2D eigenvalue weighted by molar-refractivity contribution is -0.384. The molecule has 2 aromatic rings. The van der Waals surface area contributed by atoms with Crippen molar-refractivity contribution in [1.82, 2.24) is 10.1 Å². The molecule has 0 fully saturated rings. The SMILES string of the molecule is Cc1ccc(-c2noc(=O)[nH]2)c([N+](=O)[O-])c1. The summed E-state index contributed by atoms with van der Waals surface area (Å²) in [6, 6.07) is 4.61. The fourth-order valence-corrected chi connectivity index (χ4v) is 1.34. The minimum absolute atomic E-state index is 0.0525. The van der Waals surface area contributed by atoms with Crippen LogP contribution in [0.4, 0.5) is 5.69 Å². The summed E-state index contributed by atoms with van der Waals surface area (Å²) in [6.07, 6.45) is 0. The first kappa shape index (κ1) is 10.1. The van der Waals surface area contributed by atoms with Crippen molar-refractivity contribution in [2.45, 2.75) is 6.92 Å². The molecule has 1 heterocycles. The lowest BCUT2D eigenvalue weighted by atomic mass is 10.1. The number of H-pyrrole nitrogens is 1. The summed E-state index contributed by atoms with van der Waals surface area (Å²) in [5, 5.41) is 14.2. The number of hydrogen-bond donors (Lipinski definition) is 1. The van der Waals surface area contributed by atoms with Gasteiger partial charge < -0.3 is 0 Å². The molecule has 0 saturated carbocycles. The molecular formula is C9H7N3O4. The second-order valence-corrected chi connectivity index (χ2v) is 3.22. The molecule has 0 radical (unpaired) electrons. The summed E-state index contributed by atoms with van der Waals surface area (Å²) in [4.78, 5) is 23.3. The van der Waals surface area contributed by atoms with Gasteiger partial charge in [-0.15, -0.1) is 0 Å². The third-order valence-corrected chi connectivity index (χ3v) is 2.05. The summed E-state index contributed by atoms with van der Waals surface area (Å²) < 4.78 is 4.30. The van der Waals surface area contributed by atoms with Gasteiger partial charge in [-0.25, -0.2) is 4.79 Å². The summed E-state index contributed by atoms with van der Waals surface area (Å²) in [7, 11) is 0. The van der Waals surface area contributed by atoms with E-state index in [0.29, 0.717) is 0 Å². The smallest absolute Gasteiger partial charge is 0.296 e. The van der Waals surface area contributed by atoms with E-state index in [1.807, 2.05) is 0 Å². The van der Waals surface area contributed by atoms with E-state index < -0.39 is 10.7 Å². The average Bonchev–Trinajstić information content (AvgIpc) is 2.64. The van der Waals surface area contributed by atoms with Gasteiger partial charge in [-0.05, 0) is 18.6 Å². The Labute approximate surface area is 88.9 Å². The molecule has 1 aromatic heterocycles. The van der Waals surface area contributed by atoms with Crippen LogP contribution in [0.2, 0.25) is 0 Å². The van der Waals surface area contributed by atoms with Crippen LogP contribution in [-0.4, -0.2) is 15.1 Å². The second kappa shape index (κ2) is 3.61. The highest BCUT2D eigenvalue weighted by molar-refractivity contribution is 5.68. The lowest BCUT2D eigenvalue weighted by Gasteiger charge is -1.99. The maximum atomic E-state index is 10.8. The Hall–Kier alpha value is -2.44. The van der Waals surface area contributed by atoms with E-state index in [1.165, 1.54) is 12.1 Å². The van der Waals surface area contributed by atoms with Crippen LogP contribution in [-0.2, 0) is 0 Å². The van der Waals surface area contributed by atoms with Gasteiger partial charge in [0, 0.05) is 6.07 Å². The van der Waals surface area contributed by atoms with E-state index in [9.17, 15) is 14.9 Å². The number of aryl methyl sites for hydroxylation is 1. The van der Waals surface area contributed by atoms with Crippen LogP contribution in [0.1, 0.15) is 5.56 Å². The Morgan fingerprint density at radius 3 is 2.81 bits per heavy atom. The number of nitro groups is 1. The minimum Gasteiger partial charge on any atom is -0.296 e. The monoisotopic (exact) mass is 221 g/mol. The number of aromatic nitrogens is 2. The number of nitro benzene ring substituents is 1. The van der Waals surface area contributed by atoms with Crippen LogP contribution in [0.15, 0.2) is 27.5 Å². The third-order valence-electron chi connectivity index (χ3n) is 2.05. The summed E-state index contributed by atoms with van der Waals surface area (Å²) in [5.74, 6) is -0.693. The molecule has 0 saturated heterocycles. The van der Waals surface area contributed by atoms with Gasteiger partial charge >= 0.3 is 5.76 Å². The summed E-state index contributed by atoms with van der Waals surface area (Å²) >= 11 is 0. The maximum absolute atomic E-state index is 10.8. The molecule has 1 N–H and O–H groups in total. The molecule has 82 valence electrons. The minimum atomic E-state index is -0.745. The van der Waals surface area contributed by atoms with E-state index in [2.05, 4.69) is 14.7 Å². The highest BCUT2D eigenvalue weighted by Gasteiger charge is 2.18. The van der Waals surface area contributed by atoms with Crippen molar-refractivity contribution in [3.05, 3.63) is 44.4 Å². The molecule has 0 spiro atoms. The molecule has 16 heavy (non-hydrogen) atoms. The molecule has 2 rings (SSSR count). The number of nitrogens with zero attached hydrogens (tertiary/aromatic N) is 2. The molecule has 0 atom stereocenters. The quantitative estimate of drug-likeness (QED) is 0.607. The number of benzene rings is 1. The van der Waals surface area contributed by atoms with Crippen LogP contribution >= 0.6 is 0 Å². The molecule has 1 aromatic carbocycles. The van der Waals surface area contributed by atoms with Gasteiger partial charge in [0.1, 0.15) is 0 Å². The first-order valence-corrected chi connectivity index (χ1v) is 4.39. The Morgan fingerprint density at radius 1 is 1.50 bits per heavy atom. The molecule has 0 unspecified atom stereocenters. The zero-order valence-electron chi connectivity index (χ0n) is 8.26. The zero-order valence-corrected chi connectivity index (χ0v) is 8.26. The van der Waals surface area contributed by atoms with Gasteiger partial charge in [0.25, 0.3) is 5.69 Å². The molecular weight excluding hydrogens is 214 g/mol. The fraction of sp³-hybridized carbons (Fsp3) is 0.111. The Morgan fingerprint density at radius 2 is 2.25 bits per heavy atom. The number of rotatable bonds is 2. The molecule has 0 aliphatic carbocycles. The van der Waals surface area contributed by atoms with Crippen molar-refractivity contribution in [3.8, 4) is 11.4 Å². The molecule has 0 bridgehead atoms. The maximum Gasteiger partial charge on any atom is 0.439 e. The van der Waals surface area contributed by atoms with Crippen LogP contribution in [0.5, 0.6) is 0 Å². The van der Waals surface area contributed by atoms with Crippen molar-refractivity contribution in [1.29, 1.82) is 0 Å². The van der Waals surface area contributed by atoms with E-state index >= 15 is 0 Å². The normalized spacial score (nSPS) is 10.3. The molecule has 0 aliphatic heterocycles. The summed E-state index contributed by atoms with van der Waals surface area (Å²) in [5.41, 5.74) is 0.854. The van der Waals surface area contributed by atoms with Crippen molar-refractivity contribution in [2.24, 2.45) is 0 Å². The van der Waals surface area contributed by atoms with Gasteiger partial charge in [0.2, 0.25) is 0 Å². The van der Waals surface area contributed by atoms with E-state index in [1.54, 1.807) is 13.0 Å². The molecule has 7 nitrogen and oxygen atoms in total. The van der Waals surface area contributed by atoms with Crippen LogP contribution < -0.4 is 5.76 Å². The fourth-order valence-electron chi connectivity index (χ4n) is 1.34. The van der Waals surface area contributed by atoms with Crippen molar-refractivity contribution in [3.63, 3.8) is 0 Å². The first-order valence-electron chi connectivity index (χ1n) is 4.39. The standard InChI is InChI=1S/C9H7N3O4/c1-5-2-3-6(7(4-5)12(14)15)8-10-9(13)16-11-8/h2-4H,1H3,(H,10,11,13). The van der Waals surface area contributed by atoms with E-state index in [0.717, 1.165) is 5.56 Å². The third kappa shape index (κ3) is 1.70. The number of aromatic amines is 1. The Kier molecular flexibility index (Phi) is 2.28. The van der Waals surface area contributed by atoms with Crippen molar-refractivity contribution >= 4 is 5.69 Å². The second-order valence-electron chi connectivity index (χ2n) is 3.22. The zero-order chi connectivity index (χ0) is 11.7. The largest absolute Gasteiger partial charge is 0.439 e. The number of nitrogens with one attached hydrogen (secondary N) is 1. The van der Waals surface area contributed by atoms with Gasteiger partial charge in [0.05, 0.1) is 10.5 Å². The Bertz CT molecular complexity index is 599. The van der Waals surface area contributed by atoms with Crippen LogP contribution in [0, 0.1) is 17.0 Å². The van der Waals surface area contributed by atoms with Gasteiger partial charge in [-0.2, -0.15) is 0 Å². The summed E-state index contributed by atoms with van der Waals surface area (Å²) in [6.45, 7) is 1.74. The lowest BCUT2D eigenvalue weighted by Crippen LogP contribution is -1.97. The van der Waals surface area contributed by atoms with Crippen molar-refractivity contribution < 1.29 is 9.45 Å². The Balaban J connectivity index is 2.64. The first-order chi connectivity index (χ1) is 7.58. The van der Waals surface area contributed by atoms with Crippen molar-refractivity contribution in [2.75, 3.05) is 0 Å². The number of hydrogen-bond acceptors (Lipinski definition) is 5. The van der Waals surface area contributed by atoms with Gasteiger partial charge in [-0.3, -0.25) is 19.6 Å². The van der Waals surface area contributed by atoms with Gasteiger partial charge in [-0.1, -0.05) is 11.2 Å². The molecule has 7 heteroatoms. The van der Waals surface area contributed by atoms with Gasteiger partial charge in [0.15, 0.2) is 5.82 Å². The average molecular weight is 221 g/mol. The van der Waals surface area contributed by atoms with Crippen LogP contribution in [0.25, 0.3) is 11.4 Å². The molecule has 0 aliphatic rings. The highest BCUT2D eigenvalue weighted by Crippen LogP contribution is 2.27. The van der Waals surface area contributed by atoms with E-state index in [4.69, 9.17) is 0 Å². The molecule has 0 amide bonds.